The molecular formula is C15H23ClN2O3. The van der Waals surface area contributed by atoms with Gasteiger partial charge in [-0.2, -0.15) is 0 Å². The highest BCUT2D eigenvalue weighted by atomic mass is 35.5. The second-order valence-electron chi connectivity index (χ2n) is 5.31. The van der Waals surface area contributed by atoms with Crippen molar-refractivity contribution in [3.8, 4) is 5.75 Å². The molecule has 1 aromatic carbocycles. The van der Waals surface area contributed by atoms with Crippen LogP contribution in [0.15, 0.2) is 24.3 Å². The van der Waals surface area contributed by atoms with Crippen molar-refractivity contribution in [1.29, 1.82) is 0 Å². The molecule has 0 aliphatic heterocycles. The number of hydrogen-bond acceptors (Lipinski definition) is 4. The number of anilines is 1. The first-order valence-electron chi connectivity index (χ1n) is 7.07. The molecule has 1 aromatic rings. The summed E-state index contributed by atoms with van der Waals surface area (Å²) in [6, 6.07) is 6.58. The average Bonchev–Trinajstić information content (AvgIpc) is 2.43. The quantitative estimate of drug-likeness (QED) is 0.794. The highest BCUT2D eigenvalue weighted by molar-refractivity contribution is 5.94. The number of hydrogen-bond donors (Lipinski definition) is 3. The number of carbonyl (C=O) groups excluding carboxylic acids is 1. The van der Waals surface area contributed by atoms with Crippen molar-refractivity contribution in [2.24, 2.45) is 5.73 Å². The lowest BCUT2D eigenvalue weighted by Gasteiger charge is -2.28. The van der Waals surface area contributed by atoms with E-state index in [4.69, 9.17) is 10.5 Å². The third-order valence-electron chi connectivity index (χ3n) is 3.49. The Morgan fingerprint density at radius 3 is 2.52 bits per heavy atom. The first-order chi connectivity index (χ1) is 9.56. The molecule has 6 heteroatoms. The molecular weight excluding hydrogens is 292 g/mol. The number of rotatable bonds is 4. The Labute approximate surface area is 131 Å². The van der Waals surface area contributed by atoms with E-state index in [2.05, 4.69) is 5.32 Å². The second kappa shape index (κ2) is 8.22. The summed E-state index contributed by atoms with van der Waals surface area (Å²) in [5.41, 5.74) is 6.17. The van der Waals surface area contributed by atoms with Gasteiger partial charge in [-0.1, -0.05) is 6.42 Å². The van der Waals surface area contributed by atoms with Crippen molar-refractivity contribution in [2.45, 2.75) is 50.9 Å². The fourth-order valence-corrected chi connectivity index (χ4v) is 2.26. The molecule has 4 N–H and O–H groups in total. The maximum atomic E-state index is 11.5. The Morgan fingerprint density at radius 1 is 1.33 bits per heavy atom. The van der Waals surface area contributed by atoms with E-state index in [0.717, 1.165) is 25.7 Å². The van der Waals surface area contributed by atoms with Crippen molar-refractivity contribution >= 4 is 24.0 Å². The first-order valence-corrected chi connectivity index (χ1v) is 7.07. The molecule has 2 unspecified atom stereocenters. The summed E-state index contributed by atoms with van der Waals surface area (Å²) in [4.78, 5) is 11.5. The van der Waals surface area contributed by atoms with Crippen LogP contribution in [0.3, 0.4) is 0 Å². The average molecular weight is 315 g/mol. The lowest BCUT2D eigenvalue weighted by Crippen LogP contribution is -2.34. The minimum atomic E-state index is -0.539. The topological polar surface area (TPSA) is 84.6 Å². The summed E-state index contributed by atoms with van der Waals surface area (Å²) in [5, 5.41) is 12.6. The van der Waals surface area contributed by atoms with E-state index in [9.17, 15) is 9.90 Å². The lowest BCUT2D eigenvalue weighted by molar-refractivity contribution is -0.117. The molecule has 21 heavy (non-hydrogen) atoms. The van der Waals surface area contributed by atoms with Crippen LogP contribution in [0.5, 0.6) is 5.75 Å². The number of carbonyl (C=O) groups is 1. The van der Waals surface area contributed by atoms with Gasteiger partial charge in [0.1, 0.15) is 11.9 Å². The molecule has 5 nitrogen and oxygen atoms in total. The van der Waals surface area contributed by atoms with Gasteiger partial charge in [0.15, 0.2) is 0 Å². The number of benzene rings is 1. The minimum Gasteiger partial charge on any atom is -0.488 e. The fourth-order valence-electron chi connectivity index (χ4n) is 2.26. The molecule has 3 atom stereocenters. The first kappa shape index (κ1) is 17.8. The molecule has 0 bridgehead atoms. The summed E-state index contributed by atoms with van der Waals surface area (Å²) in [5.74, 6) is 0.483. The molecule has 1 aliphatic carbocycles. The minimum absolute atomic E-state index is 0. The Kier molecular flexibility index (Phi) is 6.95. The number of halogens is 1. The third kappa shape index (κ3) is 5.19. The summed E-state index contributed by atoms with van der Waals surface area (Å²) in [6.45, 7) is 1.64. The van der Waals surface area contributed by atoms with Gasteiger partial charge < -0.3 is 20.9 Å². The molecule has 0 saturated heterocycles. The largest absolute Gasteiger partial charge is 0.488 e. The molecule has 118 valence electrons. The number of aliphatic hydroxyl groups excluding tert-OH is 1. The van der Waals surface area contributed by atoms with E-state index in [-0.39, 0.29) is 30.5 Å². The van der Waals surface area contributed by atoms with Gasteiger partial charge in [0, 0.05) is 5.69 Å². The smallest absolute Gasteiger partial charge is 0.240 e. The molecule has 0 heterocycles. The van der Waals surface area contributed by atoms with Crippen molar-refractivity contribution in [3.63, 3.8) is 0 Å². The molecule has 2 rings (SSSR count). The maximum absolute atomic E-state index is 11.5. The number of amides is 1. The van der Waals surface area contributed by atoms with Crippen LogP contribution in [0.1, 0.15) is 32.6 Å². The Morgan fingerprint density at radius 2 is 1.95 bits per heavy atom. The fraction of sp³-hybridized carbons (Fsp3) is 0.533. The number of nitrogens with two attached hydrogens (primary N) is 1. The number of ether oxygens (including phenoxy) is 1. The van der Waals surface area contributed by atoms with Crippen molar-refractivity contribution in [1.82, 2.24) is 0 Å². The zero-order valence-electron chi connectivity index (χ0n) is 12.1. The van der Waals surface area contributed by atoms with Crippen LogP contribution in [0.2, 0.25) is 0 Å². The van der Waals surface area contributed by atoms with Crippen molar-refractivity contribution < 1.29 is 14.6 Å². The van der Waals surface area contributed by atoms with Gasteiger partial charge in [0.25, 0.3) is 0 Å². The van der Waals surface area contributed by atoms with Gasteiger partial charge in [-0.05, 0) is 50.5 Å². The highest BCUT2D eigenvalue weighted by Gasteiger charge is 2.24. The van der Waals surface area contributed by atoms with Gasteiger partial charge in [-0.25, -0.2) is 0 Å². The van der Waals surface area contributed by atoms with Crippen LogP contribution < -0.4 is 15.8 Å². The van der Waals surface area contributed by atoms with E-state index < -0.39 is 6.04 Å². The molecule has 1 fully saturated rings. The zero-order chi connectivity index (χ0) is 14.5. The SMILES string of the molecule is C[C@@H](N)C(=O)Nc1ccc(OC2CCCCC2O)cc1.Cl. The van der Waals surface area contributed by atoms with E-state index in [1.165, 1.54) is 0 Å². The molecule has 1 aliphatic rings. The summed E-state index contributed by atoms with van der Waals surface area (Å²) >= 11 is 0. The van der Waals surface area contributed by atoms with E-state index >= 15 is 0 Å². The molecule has 1 amide bonds. The number of aliphatic hydroxyl groups is 1. The molecule has 0 aromatic heterocycles. The maximum Gasteiger partial charge on any atom is 0.240 e. The van der Waals surface area contributed by atoms with Gasteiger partial charge in [-0.15, -0.1) is 12.4 Å². The van der Waals surface area contributed by atoms with Crippen LogP contribution in [0.25, 0.3) is 0 Å². The predicted molar refractivity (Wildman–Crippen MR) is 84.9 cm³/mol. The monoisotopic (exact) mass is 314 g/mol. The van der Waals surface area contributed by atoms with Crippen LogP contribution in [0.4, 0.5) is 5.69 Å². The third-order valence-corrected chi connectivity index (χ3v) is 3.49. The van der Waals surface area contributed by atoms with Crippen molar-refractivity contribution in [2.75, 3.05) is 5.32 Å². The standard InChI is InChI=1S/C15H22N2O3.ClH/c1-10(16)15(19)17-11-6-8-12(9-7-11)20-14-5-3-2-4-13(14)18;/h6-10,13-14,18H,2-5,16H2,1H3,(H,17,19);1H/t10-,13?,14?;/m1./s1. The van der Waals surface area contributed by atoms with Gasteiger partial charge in [-0.3, -0.25) is 4.79 Å². The van der Waals surface area contributed by atoms with Gasteiger partial charge in [0.2, 0.25) is 5.91 Å². The Hall–Kier alpha value is -1.30. The van der Waals surface area contributed by atoms with Crippen molar-refractivity contribution in [3.05, 3.63) is 24.3 Å². The Bertz CT molecular complexity index is 451. The summed E-state index contributed by atoms with van der Waals surface area (Å²) < 4.78 is 5.79. The summed E-state index contributed by atoms with van der Waals surface area (Å²) in [7, 11) is 0. The van der Waals surface area contributed by atoms with Crippen LogP contribution in [-0.4, -0.2) is 29.3 Å². The second-order valence-corrected chi connectivity index (χ2v) is 5.31. The van der Waals surface area contributed by atoms with E-state index in [0.29, 0.717) is 11.4 Å². The van der Waals surface area contributed by atoms with Crippen LogP contribution >= 0.6 is 12.4 Å². The highest BCUT2D eigenvalue weighted by Crippen LogP contribution is 2.24. The lowest BCUT2D eigenvalue weighted by atomic mass is 9.95. The summed E-state index contributed by atoms with van der Waals surface area (Å²) in [6.07, 6.45) is 3.31. The molecule has 0 spiro atoms. The molecule has 1 saturated carbocycles. The van der Waals surface area contributed by atoms with Gasteiger partial charge >= 0.3 is 0 Å². The van der Waals surface area contributed by atoms with E-state index in [1.807, 2.05) is 0 Å². The molecule has 0 radical (unpaired) electrons. The predicted octanol–water partition coefficient (Wildman–Crippen LogP) is 2.08. The zero-order valence-corrected chi connectivity index (χ0v) is 12.9. The van der Waals surface area contributed by atoms with Crippen LogP contribution in [-0.2, 0) is 4.79 Å². The Balaban J connectivity index is 0.00000220. The van der Waals surface area contributed by atoms with E-state index in [1.54, 1.807) is 31.2 Å². The van der Waals surface area contributed by atoms with Crippen LogP contribution in [0, 0.1) is 0 Å². The van der Waals surface area contributed by atoms with Gasteiger partial charge in [0.05, 0.1) is 12.1 Å². The number of nitrogens with one attached hydrogen (secondary N) is 1. The normalized spacial score (nSPS) is 22.8.